The summed E-state index contributed by atoms with van der Waals surface area (Å²) in [6.07, 6.45) is 3.26. The van der Waals surface area contributed by atoms with Crippen LogP contribution in [0.3, 0.4) is 0 Å². The fraction of sp³-hybridized carbons (Fsp3) is 0.435. The standard InChI is InChI=1S/C23H30O3/c1-5-10-18(6-2)21-11-8-9-12-22(21)26-23(24)20-15-13-19(14-16-20)17(4)25-7-3/h8-9,11-18H,5-7,10H2,1-4H3. The number of hydrogen-bond donors (Lipinski definition) is 0. The Morgan fingerprint density at radius 3 is 2.31 bits per heavy atom. The molecule has 0 aliphatic heterocycles. The van der Waals surface area contributed by atoms with Gasteiger partial charge in [-0.05, 0) is 61.9 Å². The van der Waals surface area contributed by atoms with Crippen LogP contribution in [0.4, 0.5) is 0 Å². The normalized spacial score (nSPS) is 13.2. The molecule has 0 heterocycles. The van der Waals surface area contributed by atoms with Crippen LogP contribution in [0.5, 0.6) is 5.75 Å². The molecule has 0 N–H and O–H groups in total. The zero-order chi connectivity index (χ0) is 18.9. The highest BCUT2D eigenvalue weighted by Gasteiger charge is 2.17. The molecule has 0 aliphatic carbocycles. The zero-order valence-corrected chi connectivity index (χ0v) is 16.3. The molecule has 140 valence electrons. The summed E-state index contributed by atoms with van der Waals surface area (Å²) >= 11 is 0. The summed E-state index contributed by atoms with van der Waals surface area (Å²) in [5, 5.41) is 0. The first kappa shape index (κ1) is 20.2. The highest BCUT2D eigenvalue weighted by atomic mass is 16.5. The van der Waals surface area contributed by atoms with Gasteiger partial charge in [0, 0.05) is 6.61 Å². The molecule has 0 spiro atoms. The minimum atomic E-state index is -0.320. The molecule has 2 rings (SSSR count). The Kier molecular flexibility index (Phi) is 7.86. The van der Waals surface area contributed by atoms with E-state index in [0.29, 0.717) is 23.8 Å². The molecule has 2 atom stereocenters. The van der Waals surface area contributed by atoms with E-state index in [9.17, 15) is 4.79 Å². The molecule has 0 amide bonds. The van der Waals surface area contributed by atoms with E-state index >= 15 is 0 Å². The Balaban J connectivity index is 2.15. The summed E-state index contributed by atoms with van der Waals surface area (Å²) in [5.41, 5.74) is 2.72. The van der Waals surface area contributed by atoms with Gasteiger partial charge in [-0.15, -0.1) is 0 Å². The second-order valence-electron chi connectivity index (χ2n) is 6.54. The number of carbonyl (C=O) groups is 1. The fourth-order valence-electron chi connectivity index (χ4n) is 3.23. The minimum absolute atomic E-state index is 0.0187. The van der Waals surface area contributed by atoms with E-state index < -0.39 is 0 Å². The maximum Gasteiger partial charge on any atom is 0.343 e. The van der Waals surface area contributed by atoms with Gasteiger partial charge in [-0.2, -0.15) is 0 Å². The van der Waals surface area contributed by atoms with Crippen LogP contribution in [0.1, 0.15) is 80.5 Å². The average Bonchev–Trinajstić information content (AvgIpc) is 2.67. The van der Waals surface area contributed by atoms with Crippen LogP contribution in [0.25, 0.3) is 0 Å². The molecule has 2 aromatic carbocycles. The summed E-state index contributed by atoms with van der Waals surface area (Å²) in [6, 6.07) is 15.3. The largest absolute Gasteiger partial charge is 0.423 e. The molecule has 0 aliphatic rings. The van der Waals surface area contributed by atoms with Crippen molar-refractivity contribution < 1.29 is 14.3 Å². The summed E-state index contributed by atoms with van der Waals surface area (Å²) < 4.78 is 11.3. The quantitative estimate of drug-likeness (QED) is 0.392. The third-order valence-electron chi connectivity index (χ3n) is 4.72. The third kappa shape index (κ3) is 5.18. The minimum Gasteiger partial charge on any atom is -0.423 e. The van der Waals surface area contributed by atoms with Crippen LogP contribution in [-0.4, -0.2) is 12.6 Å². The molecule has 3 nitrogen and oxygen atoms in total. The van der Waals surface area contributed by atoms with Crippen LogP contribution in [0, 0.1) is 0 Å². The number of esters is 1. The SMILES string of the molecule is CCCC(CC)c1ccccc1OC(=O)c1ccc(C(C)OCC)cc1. The first-order valence-electron chi connectivity index (χ1n) is 9.63. The Hall–Kier alpha value is -2.13. The van der Waals surface area contributed by atoms with Gasteiger partial charge in [0.25, 0.3) is 0 Å². The summed E-state index contributed by atoms with van der Waals surface area (Å²) in [5.74, 6) is 0.766. The van der Waals surface area contributed by atoms with Crippen LogP contribution >= 0.6 is 0 Å². The number of carbonyl (C=O) groups excluding carboxylic acids is 1. The van der Waals surface area contributed by atoms with Crippen molar-refractivity contribution in [2.75, 3.05) is 6.61 Å². The second-order valence-corrected chi connectivity index (χ2v) is 6.54. The predicted molar refractivity (Wildman–Crippen MR) is 106 cm³/mol. The maximum atomic E-state index is 12.6. The van der Waals surface area contributed by atoms with Crippen molar-refractivity contribution in [1.82, 2.24) is 0 Å². The first-order valence-corrected chi connectivity index (χ1v) is 9.63. The van der Waals surface area contributed by atoms with E-state index in [-0.39, 0.29) is 12.1 Å². The number of benzene rings is 2. The van der Waals surface area contributed by atoms with Crippen LogP contribution in [0.2, 0.25) is 0 Å². The smallest absolute Gasteiger partial charge is 0.343 e. The Morgan fingerprint density at radius 2 is 1.69 bits per heavy atom. The van der Waals surface area contributed by atoms with Crippen LogP contribution in [0.15, 0.2) is 48.5 Å². The van der Waals surface area contributed by atoms with Gasteiger partial charge in [0.1, 0.15) is 5.75 Å². The van der Waals surface area contributed by atoms with Gasteiger partial charge in [0.2, 0.25) is 0 Å². The van der Waals surface area contributed by atoms with Crippen molar-refractivity contribution in [1.29, 1.82) is 0 Å². The van der Waals surface area contributed by atoms with Gasteiger partial charge in [0.05, 0.1) is 11.7 Å². The van der Waals surface area contributed by atoms with Gasteiger partial charge in [-0.1, -0.05) is 50.6 Å². The van der Waals surface area contributed by atoms with Crippen molar-refractivity contribution >= 4 is 5.97 Å². The monoisotopic (exact) mass is 354 g/mol. The van der Waals surface area contributed by atoms with E-state index in [1.165, 1.54) is 0 Å². The predicted octanol–water partition coefficient (Wildman–Crippen LogP) is 6.30. The van der Waals surface area contributed by atoms with Crippen molar-refractivity contribution in [3.8, 4) is 5.75 Å². The molecule has 3 heteroatoms. The van der Waals surface area contributed by atoms with Crippen molar-refractivity contribution in [2.24, 2.45) is 0 Å². The lowest BCUT2D eigenvalue weighted by atomic mass is 9.91. The van der Waals surface area contributed by atoms with E-state index in [0.717, 1.165) is 30.4 Å². The average molecular weight is 354 g/mol. The van der Waals surface area contributed by atoms with Gasteiger partial charge in [0.15, 0.2) is 0 Å². The van der Waals surface area contributed by atoms with Gasteiger partial charge in [-0.3, -0.25) is 0 Å². The van der Waals surface area contributed by atoms with E-state index in [1.807, 2.05) is 44.2 Å². The fourth-order valence-corrected chi connectivity index (χ4v) is 3.23. The molecule has 0 fully saturated rings. The lowest BCUT2D eigenvalue weighted by Gasteiger charge is -2.18. The number of ether oxygens (including phenoxy) is 2. The van der Waals surface area contributed by atoms with E-state index in [1.54, 1.807) is 12.1 Å². The molecular weight excluding hydrogens is 324 g/mol. The van der Waals surface area contributed by atoms with Crippen LogP contribution < -0.4 is 4.74 Å². The number of hydrogen-bond acceptors (Lipinski definition) is 3. The summed E-state index contributed by atoms with van der Waals surface area (Å²) in [6.45, 7) is 9.00. The molecule has 2 aromatic rings. The van der Waals surface area contributed by atoms with Gasteiger partial charge >= 0.3 is 5.97 Å². The number of para-hydroxylation sites is 1. The Morgan fingerprint density at radius 1 is 1.00 bits per heavy atom. The lowest BCUT2D eigenvalue weighted by Crippen LogP contribution is -2.11. The Labute approximate surface area is 157 Å². The highest BCUT2D eigenvalue weighted by Crippen LogP contribution is 2.32. The van der Waals surface area contributed by atoms with E-state index in [2.05, 4.69) is 19.9 Å². The molecule has 2 unspecified atom stereocenters. The highest BCUT2D eigenvalue weighted by molar-refractivity contribution is 5.91. The van der Waals surface area contributed by atoms with Gasteiger partial charge in [-0.25, -0.2) is 4.79 Å². The Bertz CT molecular complexity index is 691. The molecule has 0 aromatic heterocycles. The number of rotatable bonds is 9. The zero-order valence-electron chi connectivity index (χ0n) is 16.3. The molecule has 0 bridgehead atoms. The van der Waals surface area contributed by atoms with Crippen molar-refractivity contribution in [2.45, 2.75) is 59.0 Å². The molecule has 0 saturated heterocycles. The van der Waals surface area contributed by atoms with Crippen molar-refractivity contribution in [3.63, 3.8) is 0 Å². The third-order valence-corrected chi connectivity index (χ3v) is 4.72. The van der Waals surface area contributed by atoms with Gasteiger partial charge < -0.3 is 9.47 Å². The summed E-state index contributed by atoms with van der Waals surface area (Å²) in [7, 11) is 0. The van der Waals surface area contributed by atoms with E-state index in [4.69, 9.17) is 9.47 Å². The maximum absolute atomic E-state index is 12.6. The van der Waals surface area contributed by atoms with Crippen molar-refractivity contribution in [3.05, 3.63) is 65.2 Å². The van der Waals surface area contributed by atoms with Crippen LogP contribution in [-0.2, 0) is 4.74 Å². The summed E-state index contributed by atoms with van der Waals surface area (Å²) in [4.78, 5) is 12.6. The second kappa shape index (κ2) is 10.1. The molecule has 0 radical (unpaired) electrons. The first-order chi connectivity index (χ1) is 12.6. The molecular formula is C23H30O3. The lowest BCUT2D eigenvalue weighted by molar-refractivity contribution is 0.0727. The molecule has 0 saturated carbocycles. The topological polar surface area (TPSA) is 35.5 Å². The molecule has 26 heavy (non-hydrogen) atoms.